The van der Waals surface area contributed by atoms with Crippen molar-refractivity contribution in [1.29, 1.82) is 0 Å². The Bertz CT molecular complexity index is 914. The second kappa shape index (κ2) is 8.78. The van der Waals surface area contributed by atoms with Crippen molar-refractivity contribution in [2.24, 2.45) is 0 Å². The van der Waals surface area contributed by atoms with Gasteiger partial charge in [0.15, 0.2) is 0 Å². The van der Waals surface area contributed by atoms with Gasteiger partial charge in [0.2, 0.25) is 5.88 Å². The summed E-state index contributed by atoms with van der Waals surface area (Å²) in [7, 11) is 0. The van der Waals surface area contributed by atoms with Crippen LogP contribution in [0.3, 0.4) is 0 Å². The first-order chi connectivity index (χ1) is 13.4. The smallest absolute Gasteiger partial charge is 0.407 e. The predicted octanol–water partition coefficient (Wildman–Crippen LogP) is 4.38. The van der Waals surface area contributed by atoms with Crippen molar-refractivity contribution in [1.82, 2.24) is 15.1 Å². The minimum absolute atomic E-state index is 0.412. The lowest BCUT2D eigenvalue weighted by molar-refractivity contribution is 0.0525. The Labute approximate surface area is 165 Å². The van der Waals surface area contributed by atoms with Crippen LogP contribution >= 0.6 is 0 Å². The number of hydrogen-bond donors (Lipinski definition) is 1. The standard InChI is InChI=1S/C22H27N3O3/c1-22(2,3)28-21(26)23-14-9-15-27-20-18-12-7-8-13-19(18)25(24-20)16-17-10-5-4-6-11-17/h4-8,10-13H,9,14-16H2,1-3H3,(H,23,26). The highest BCUT2D eigenvalue weighted by Crippen LogP contribution is 2.25. The number of nitrogens with zero attached hydrogens (tertiary/aromatic N) is 2. The number of nitrogens with one attached hydrogen (secondary N) is 1. The summed E-state index contributed by atoms with van der Waals surface area (Å²) in [6.07, 6.45) is 0.254. The average Bonchev–Trinajstić information content (AvgIpc) is 2.99. The first-order valence-corrected chi connectivity index (χ1v) is 9.51. The van der Waals surface area contributed by atoms with Crippen molar-refractivity contribution in [3.8, 4) is 5.88 Å². The molecular formula is C22H27N3O3. The summed E-state index contributed by atoms with van der Waals surface area (Å²) in [6.45, 7) is 7.15. The van der Waals surface area contributed by atoms with Crippen LogP contribution in [0.15, 0.2) is 54.6 Å². The molecule has 0 saturated carbocycles. The van der Waals surface area contributed by atoms with Crippen LogP contribution in [-0.4, -0.2) is 34.6 Å². The largest absolute Gasteiger partial charge is 0.476 e. The summed E-state index contributed by atoms with van der Waals surface area (Å²) in [6, 6.07) is 18.3. The Morgan fingerprint density at radius 3 is 2.54 bits per heavy atom. The molecule has 0 radical (unpaired) electrons. The summed E-state index contributed by atoms with van der Waals surface area (Å²) in [5, 5.41) is 8.37. The van der Waals surface area contributed by atoms with Gasteiger partial charge in [-0.15, -0.1) is 5.10 Å². The molecule has 28 heavy (non-hydrogen) atoms. The molecular weight excluding hydrogens is 354 g/mol. The summed E-state index contributed by atoms with van der Waals surface area (Å²) >= 11 is 0. The maximum atomic E-state index is 11.7. The van der Waals surface area contributed by atoms with E-state index < -0.39 is 11.7 Å². The molecule has 0 fully saturated rings. The second-order valence-electron chi connectivity index (χ2n) is 7.60. The van der Waals surface area contributed by atoms with E-state index in [2.05, 4.69) is 22.5 Å². The van der Waals surface area contributed by atoms with Gasteiger partial charge in [-0.1, -0.05) is 42.5 Å². The van der Waals surface area contributed by atoms with Gasteiger partial charge in [-0.05, 0) is 44.9 Å². The second-order valence-corrected chi connectivity index (χ2v) is 7.60. The van der Waals surface area contributed by atoms with Crippen LogP contribution in [0.25, 0.3) is 10.9 Å². The van der Waals surface area contributed by atoms with E-state index in [9.17, 15) is 4.79 Å². The number of amides is 1. The fourth-order valence-electron chi connectivity index (χ4n) is 2.83. The number of hydrogen-bond acceptors (Lipinski definition) is 4. The molecule has 1 amide bonds. The summed E-state index contributed by atoms with van der Waals surface area (Å²) in [5.74, 6) is 0.615. The molecule has 148 valence electrons. The van der Waals surface area contributed by atoms with Gasteiger partial charge >= 0.3 is 6.09 Å². The normalized spacial score (nSPS) is 11.4. The van der Waals surface area contributed by atoms with Crippen LogP contribution in [0.1, 0.15) is 32.8 Å². The van der Waals surface area contributed by atoms with Crippen LogP contribution in [0, 0.1) is 0 Å². The van der Waals surface area contributed by atoms with Crippen LogP contribution in [0.4, 0.5) is 4.79 Å². The zero-order valence-corrected chi connectivity index (χ0v) is 16.6. The first kappa shape index (κ1) is 19.7. The van der Waals surface area contributed by atoms with Gasteiger partial charge in [0.05, 0.1) is 24.1 Å². The molecule has 1 N–H and O–H groups in total. The average molecular weight is 381 g/mol. The van der Waals surface area contributed by atoms with Gasteiger partial charge in [-0.3, -0.25) is 4.68 Å². The highest BCUT2D eigenvalue weighted by atomic mass is 16.6. The number of alkyl carbamates (subject to hydrolysis) is 1. The number of carbonyl (C=O) groups excluding carboxylic acids is 1. The lowest BCUT2D eigenvalue weighted by atomic mass is 10.2. The van der Waals surface area contributed by atoms with Crippen LogP contribution in [-0.2, 0) is 11.3 Å². The topological polar surface area (TPSA) is 65.4 Å². The van der Waals surface area contributed by atoms with Crippen LogP contribution < -0.4 is 10.1 Å². The molecule has 0 unspecified atom stereocenters. The highest BCUT2D eigenvalue weighted by molar-refractivity contribution is 5.84. The fourth-order valence-corrected chi connectivity index (χ4v) is 2.83. The lowest BCUT2D eigenvalue weighted by Gasteiger charge is -2.19. The molecule has 3 rings (SSSR count). The molecule has 0 aliphatic carbocycles. The highest BCUT2D eigenvalue weighted by Gasteiger charge is 2.15. The third-order valence-electron chi connectivity index (χ3n) is 4.03. The van der Waals surface area contributed by atoms with Gasteiger partial charge < -0.3 is 14.8 Å². The molecule has 1 heterocycles. The Hall–Kier alpha value is -3.02. The van der Waals surface area contributed by atoms with E-state index >= 15 is 0 Å². The first-order valence-electron chi connectivity index (χ1n) is 9.51. The molecule has 6 nitrogen and oxygen atoms in total. The van der Waals surface area contributed by atoms with E-state index in [1.165, 1.54) is 5.56 Å². The van der Waals surface area contributed by atoms with Gasteiger partial charge in [0.25, 0.3) is 0 Å². The van der Waals surface area contributed by atoms with Gasteiger partial charge in [0, 0.05) is 6.54 Å². The van der Waals surface area contributed by atoms with Crippen LogP contribution in [0.2, 0.25) is 0 Å². The van der Waals surface area contributed by atoms with Gasteiger partial charge in [-0.2, -0.15) is 0 Å². The summed E-state index contributed by atoms with van der Waals surface area (Å²) in [4.78, 5) is 11.7. The van der Waals surface area contributed by atoms with Crippen molar-refractivity contribution < 1.29 is 14.3 Å². The SMILES string of the molecule is CC(C)(C)OC(=O)NCCCOc1nn(Cc2ccccc2)c2ccccc12. The third-order valence-corrected chi connectivity index (χ3v) is 4.03. The molecule has 0 aliphatic heterocycles. The Kier molecular flexibility index (Phi) is 6.19. The third kappa shape index (κ3) is 5.49. The number of fused-ring (bicyclic) bond motifs is 1. The molecule has 1 aromatic heterocycles. The summed E-state index contributed by atoms with van der Waals surface area (Å²) in [5.41, 5.74) is 1.72. The number of benzene rings is 2. The number of ether oxygens (including phenoxy) is 2. The van der Waals surface area contributed by atoms with E-state index in [1.54, 1.807) is 0 Å². The van der Waals surface area contributed by atoms with E-state index in [4.69, 9.17) is 9.47 Å². The molecule has 2 aromatic carbocycles. The molecule has 0 aliphatic rings. The number of para-hydroxylation sites is 1. The maximum Gasteiger partial charge on any atom is 0.407 e. The van der Waals surface area contributed by atoms with Crippen molar-refractivity contribution >= 4 is 17.0 Å². The molecule has 0 bridgehead atoms. The minimum Gasteiger partial charge on any atom is -0.476 e. The van der Waals surface area contributed by atoms with Crippen molar-refractivity contribution in [2.45, 2.75) is 39.3 Å². The monoisotopic (exact) mass is 381 g/mol. The Morgan fingerprint density at radius 2 is 1.79 bits per heavy atom. The predicted molar refractivity (Wildman–Crippen MR) is 110 cm³/mol. The molecule has 0 atom stereocenters. The van der Waals surface area contributed by atoms with Gasteiger partial charge in [-0.25, -0.2) is 4.79 Å². The molecule has 3 aromatic rings. The van der Waals surface area contributed by atoms with E-state index in [0.717, 1.165) is 10.9 Å². The fraction of sp³-hybridized carbons (Fsp3) is 0.364. The molecule has 0 spiro atoms. The minimum atomic E-state index is -0.495. The lowest BCUT2D eigenvalue weighted by Crippen LogP contribution is -2.33. The zero-order valence-electron chi connectivity index (χ0n) is 16.6. The quantitative estimate of drug-likeness (QED) is 0.617. The van der Waals surface area contributed by atoms with Crippen molar-refractivity contribution in [3.05, 3.63) is 60.2 Å². The van der Waals surface area contributed by atoms with Crippen molar-refractivity contribution in [3.63, 3.8) is 0 Å². The Balaban J connectivity index is 1.57. The van der Waals surface area contributed by atoms with Crippen molar-refractivity contribution in [2.75, 3.05) is 13.2 Å². The number of aromatic nitrogens is 2. The zero-order chi connectivity index (χ0) is 20.0. The van der Waals surface area contributed by atoms with Gasteiger partial charge in [0.1, 0.15) is 5.60 Å². The van der Waals surface area contributed by atoms with E-state index in [0.29, 0.717) is 32.0 Å². The van der Waals surface area contributed by atoms with E-state index in [-0.39, 0.29) is 0 Å². The van der Waals surface area contributed by atoms with E-state index in [1.807, 2.05) is 67.9 Å². The molecule has 6 heteroatoms. The number of carbonyl (C=O) groups is 1. The van der Waals surface area contributed by atoms with Crippen LogP contribution in [0.5, 0.6) is 5.88 Å². The molecule has 0 saturated heterocycles. The Morgan fingerprint density at radius 1 is 1.07 bits per heavy atom. The summed E-state index contributed by atoms with van der Waals surface area (Å²) < 4.78 is 13.1. The number of rotatable bonds is 7. The maximum absolute atomic E-state index is 11.7.